The molecule has 3 heterocycles. The lowest BCUT2D eigenvalue weighted by molar-refractivity contribution is 0.321. The smallest absolute Gasteiger partial charge is 0.150 e. The van der Waals surface area contributed by atoms with Gasteiger partial charge in [0, 0.05) is 13.1 Å². The molecule has 1 aliphatic heterocycles. The fraction of sp³-hybridized carbons (Fsp3) is 0.500. The molecule has 90 valence electrons. The van der Waals surface area contributed by atoms with Gasteiger partial charge in [0.2, 0.25) is 0 Å². The Bertz CT molecular complexity index is 557. The fourth-order valence-electron chi connectivity index (χ4n) is 2.27. The molecule has 2 N–H and O–H groups in total. The second kappa shape index (κ2) is 3.65. The summed E-state index contributed by atoms with van der Waals surface area (Å²) in [5.41, 5.74) is 8.47. The Morgan fingerprint density at radius 3 is 2.94 bits per heavy atom. The molecule has 1 aliphatic rings. The van der Waals surface area contributed by atoms with Crippen LogP contribution < -0.4 is 10.6 Å². The van der Waals surface area contributed by atoms with Crippen LogP contribution in [-0.4, -0.2) is 28.6 Å². The minimum Gasteiger partial charge on any atom is -0.351 e. The van der Waals surface area contributed by atoms with Crippen LogP contribution in [0.4, 0.5) is 5.82 Å². The third-order valence-corrected chi connectivity index (χ3v) is 4.61. The maximum atomic E-state index is 6.20. The highest BCUT2D eigenvalue weighted by Gasteiger charge is 2.39. The summed E-state index contributed by atoms with van der Waals surface area (Å²) < 4.78 is 1.18. The molecule has 3 rings (SSSR count). The Kier molecular flexibility index (Phi) is 2.34. The first kappa shape index (κ1) is 10.9. The van der Waals surface area contributed by atoms with E-state index in [1.165, 1.54) is 10.3 Å². The first-order chi connectivity index (χ1) is 8.13. The lowest BCUT2D eigenvalue weighted by Crippen LogP contribution is -2.67. The number of anilines is 1. The van der Waals surface area contributed by atoms with Crippen LogP contribution in [0, 0.1) is 6.92 Å². The van der Waals surface area contributed by atoms with Gasteiger partial charge >= 0.3 is 0 Å². The highest BCUT2D eigenvalue weighted by Crippen LogP contribution is 2.35. The second-order valence-electron chi connectivity index (χ2n) is 4.87. The van der Waals surface area contributed by atoms with E-state index in [2.05, 4.69) is 34.1 Å². The van der Waals surface area contributed by atoms with Crippen LogP contribution in [0.1, 0.15) is 18.9 Å². The molecule has 0 aliphatic carbocycles. The molecule has 0 bridgehead atoms. The van der Waals surface area contributed by atoms with Gasteiger partial charge in [-0.2, -0.15) is 0 Å². The van der Waals surface area contributed by atoms with Gasteiger partial charge in [0.15, 0.2) is 0 Å². The average molecular weight is 248 g/mol. The molecular weight excluding hydrogens is 232 g/mol. The van der Waals surface area contributed by atoms with Crippen molar-refractivity contribution in [3.63, 3.8) is 0 Å². The van der Waals surface area contributed by atoms with E-state index in [4.69, 9.17) is 5.73 Å². The summed E-state index contributed by atoms with van der Waals surface area (Å²) in [5.74, 6) is 1.04. The number of nitrogens with two attached hydrogens (primary N) is 1. The van der Waals surface area contributed by atoms with Gasteiger partial charge in [-0.3, -0.25) is 0 Å². The van der Waals surface area contributed by atoms with Gasteiger partial charge in [0.25, 0.3) is 0 Å². The van der Waals surface area contributed by atoms with Crippen LogP contribution in [-0.2, 0) is 0 Å². The van der Waals surface area contributed by atoms with Gasteiger partial charge in [-0.1, -0.05) is 6.92 Å². The Morgan fingerprint density at radius 1 is 1.47 bits per heavy atom. The average Bonchev–Trinajstić information content (AvgIpc) is 2.67. The van der Waals surface area contributed by atoms with Crippen molar-refractivity contribution in [2.75, 3.05) is 18.0 Å². The van der Waals surface area contributed by atoms with Gasteiger partial charge < -0.3 is 10.6 Å². The molecule has 2 aromatic rings. The SMILES string of the molecule is CCC1(N)CN(c2ncnc3c(C)csc23)C1. The molecule has 1 saturated heterocycles. The third kappa shape index (κ3) is 1.61. The standard InChI is InChI=1S/C12H16N4S/c1-3-12(13)5-16(6-12)11-10-9(14-7-15-11)8(2)4-17-10/h4,7H,3,5-6,13H2,1-2H3. The summed E-state index contributed by atoms with van der Waals surface area (Å²) >= 11 is 1.72. The van der Waals surface area contributed by atoms with Crippen molar-refractivity contribution >= 4 is 27.4 Å². The highest BCUT2D eigenvalue weighted by atomic mass is 32.1. The summed E-state index contributed by atoms with van der Waals surface area (Å²) in [7, 11) is 0. The van der Waals surface area contributed by atoms with Gasteiger partial charge in [-0.25, -0.2) is 9.97 Å². The van der Waals surface area contributed by atoms with Crippen LogP contribution >= 0.6 is 11.3 Å². The first-order valence-corrected chi connectivity index (χ1v) is 6.73. The number of rotatable bonds is 2. The van der Waals surface area contributed by atoms with Crippen LogP contribution in [0.3, 0.4) is 0 Å². The quantitative estimate of drug-likeness (QED) is 0.882. The van der Waals surface area contributed by atoms with E-state index in [1.54, 1.807) is 17.7 Å². The Balaban J connectivity index is 1.97. The van der Waals surface area contributed by atoms with Crippen molar-refractivity contribution in [2.45, 2.75) is 25.8 Å². The minimum atomic E-state index is -0.0242. The van der Waals surface area contributed by atoms with Crippen LogP contribution in [0.2, 0.25) is 0 Å². The van der Waals surface area contributed by atoms with Crippen molar-refractivity contribution in [1.82, 2.24) is 9.97 Å². The molecule has 0 aromatic carbocycles. The van der Waals surface area contributed by atoms with Gasteiger partial charge in [0.1, 0.15) is 12.1 Å². The summed E-state index contributed by atoms with van der Waals surface area (Å²) in [4.78, 5) is 11.0. The van der Waals surface area contributed by atoms with Crippen LogP contribution in [0.15, 0.2) is 11.7 Å². The lowest BCUT2D eigenvalue weighted by atomic mass is 9.88. The zero-order chi connectivity index (χ0) is 12.0. The number of thiophene rings is 1. The molecule has 1 fully saturated rings. The van der Waals surface area contributed by atoms with E-state index in [0.29, 0.717) is 0 Å². The molecule has 17 heavy (non-hydrogen) atoms. The topological polar surface area (TPSA) is 55.0 Å². The molecule has 0 atom stereocenters. The van der Waals surface area contributed by atoms with E-state index in [9.17, 15) is 0 Å². The zero-order valence-corrected chi connectivity index (χ0v) is 10.9. The molecule has 0 saturated carbocycles. The molecule has 4 nitrogen and oxygen atoms in total. The predicted molar refractivity (Wildman–Crippen MR) is 71.6 cm³/mol. The monoisotopic (exact) mass is 248 g/mol. The molecule has 0 spiro atoms. The Morgan fingerprint density at radius 2 is 2.24 bits per heavy atom. The molecule has 2 aromatic heterocycles. The molecule has 0 radical (unpaired) electrons. The van der Waals surface area contributed by atoms with Gasteiger partial charge in [0.05, 0.1) is 15.8 Å². The number of fused-ring (bicyclic) bond motifs is 1. The largest absolute Gasteiger partial charge is 0.351 e. The van der Waals surface area contributed by atoms with Gasteiger partial charge in [-0.05, 0) is 24.3 Å². The Labute approximate surface area is 104 Å². The summed E-state index contributed by atoms with van der Waals surface area (Å²) in [6, 6.07) is 0. The minimum absolute atomic E-state index is 0.0242. The molecular formula is C12H16N4S. The zero-order valence-electron chi connectivity index (χ0n) is 10.1. The van der Waals surface area contributed by atoms with Crippen molar-refractivity contribution in [3.8, 4) is 0 Å². The van der Waals surface area contributed by atoms with Crippen molar-refractivity contribution in [2.24, 2.45) is 5.73 Å². The second-order valence-corrected chi connectivity index (χ2v) is 5.75. The summed E-state index contributed by atoms with van der Waals surface area (Å²) in [5, 5.41) is 2.14. The lowest BCUT2D eigenvalue weighted by Gasteiger charge is -2.48. The number of aryl methyl sites for hydroxylation is 1. The van der Waals surface area contributed by atoms with E-state index in [1.807, 2.05) is 0 Å². The van der Waals surface area contributed by atoms with E-state index in [0.717, 1.165) is 30.8 Å². The number of hydrogen-bond acceptors (Lipinski definition) is 5. The van der Waals surface area contributed by atoms with Gasteiger partial charge in [-0.15, -0.1) is 11.3 Å². The van der Waals surface area contributed by atoms with Crippen molar-refractivity contribution in [3.05, 3.63) is 17.3 Å². The van der Waals surface area contributed by atoms with E-state index >= 15 is 0 Å². The highest BCUT2D eigenvalue weighted by molar-refractivity contribution is 7.18. The predicted octanol–water partition coefficient (Wildman–Crippen LogP) is 1.93. The first-order valence-electron chi connectivity index (χ1n) is 5.85. The normalized spacial score (nSPS) is 18.4. The third-order valence-electron chi connectivity index (χ3n) is 3.53. The number of aromatic nitrogens is 2. The maximum absolute atomic E-state index is 6.20. The number of hydrogen-bond donors (Lipinski definition) is 1. The molecule has 5 heteroatoms. The van der Waals surface area contributed by atoms with E-state index < -0.39 is 0 Å². The van der Waals surface area contributed by atoms with Crippen molar-refractivity contribution in [1.29, 1.82) is 0 Å². The van der Waals surface area contributed by atoms with Crippen LogP contribution in [0.5, 0.6) is 0 Å². The summed E-state index contributed by atoms with van der Waals surface area (Å²) in [6.07, 6.45) is 2.67. The maximum Gasteiger partial charge on any atom is 0.150 e. The fourth-order valence-corrected chi connectivity index (χ4v) is 3.29. The van der Waals surface area contributed by atoms with E-state index in [-0.39, 0.29) is 5.54 Å². The Hall–Kier alpha value is -1.20. The molecule has 0 unspecified atom stereocenters. The summed E-state index contributed by atoms with van der Waals surface area (Å²) in [6.45, 7) is 6.02. The van der Waals surface area contributed by atoms with Crippen molar-refractivity contribution < 1.29 is 0 Å². The van der Waals surface area contributed by atoms with Crippen LogP contribution in [0.25, 0.3) is 10.2 Å². The number of nitrogens with zero attached hydrogens (tertiary/aromatic N) is 3. The molecule has 0 amide bonds.